The van der Waals surface area contributed by atoms with E-state index in [9.17, 15) is 5.26 Å². The molecule has 0 saturated carbocycles. The minimum absolute atomic E-state index is 0.473. The Balaban J connectivity index is 2.57. The molecule has 86 valence electrons. The molecule has 0 saturated heterocycles. The highest BCUT2D eigenvalue weighted by atomic mass is 35.5. The van der Waals surface area contributed by atoms with Gasteiger partial charge in [-0.15, -0.1) is 0 Å². The van der Waals surface area contributed by atoms with Crippen LogP contribution in [0.15, 0.2) is 48.5 Å². The fourth-order valence-corrected chi connectivity index (χ4v) is 2.02. The molecule has 0 aliphatic carbocycles. The number of hydrogen-bond acceptors (Lipinski definition) is 2. The molecule has 0 spiro atoms. The van der Waals surface area contributed by atoms with E-state index < -0.39 is 5.92 Å². The number of nitrogens with zero attached hydrogens (tertiary/aromatic N) is 2. The maximum Gasteiger partial charge on any atom is 0.0995 e. The number of halogens is 1. The lowest BCUT2D eigenvalue weighted by Crippen LogP contribution is -2.01. The largest absolute Gasteiger partial charge is 0.197 e. The van der Waals surface area contributed by atoms with Crippen LogP contribution < -0.4 is 0 Å². The van der Waals surface area contributed by atoms with Crippen molar-refractivity contribution in [3.05, 3.63) is 70.2 Å². The van der Waals surface area contributed by atoms with Crippen molar-refractivity contribution in [2.45, 2.75) is 5.92 Å². The van der Waals surface area contributed by atoms with Crippen LogP contribution in [0, 0.1) is 22.7 Å². The van der Waals surface area contributed by atoms with E-state index >= 15 is 0 Å². The van der Waals surface area contributed by atoms with Crippen LogP contribution >= 0.6 is 11.6 Å². The number of nitriles is 2. The fraction of sp³-hybridized carbons (Fsp3) is 0.0667. The molecule has 0 aromatic heterocycles. The van der Waals surface area contributed by atoms with Gasteiger partial charge in [-0.1, -0.05) is 41.9 Å². The van der Waals surface area contributed by atoms with E-state index in [0.717, 1.165) is 5.56 Å². The molecule has 0 bridgehead atoms. The molecule has 2 rings (SSSR count). The minimum Gasteiger partial charge on any atom is -0.197 e. The molecule has 0 aliphatic rings. The smallest absolute Gasteiger partial charge is 0.0995 e. The van der Waals surface area contributed by atoms with Gasteiger partial charge in [0, 0.05) is 5.02 Å². The molecule has 0 fully saturated rings. The minimum atomic E-state index is -0.473. The van der Waals surface area contributed by atoms with Gasteiger partial charge in [0.1, 0.15) is 0 Å². The molecule has 1 unspecified atom stereocenters. The number of benzene rings is 2. The van der Waals surface area contributed by atoms with Gasteiger partial charge in [-0.05, 0) is 29.3 Å². The first-order valence-corrected chi connectivity index (χ1v) is 5.78. The molecule has 0 heterocycles. The van der Waals surface area contributed by atoms with E-state index in [1.54, 1.807) is 18.2 Å². The van der Waals surface area contributed by atoms with Crippen molar-refractivity contribution in [2.75, 3.05) is 0 Å². The third kappa shape index (κ3) is 2.35. The molecule has 0 N–H and O–H groups in total. The van der Waals surface area contributed by atoms with E-state index in [1.807, 2.05) is 30.3 Å². The second-order valence-electron chi connectivity index (χ2n) is 3.82. The Morgan fingerprint density at radius 1 is 1.00 bits per heavy atom. The predicted molar refractivity (Wildman–Crippen MR) is 70.1 cm³/mol. The molecule has 18 heavy (non-hydrogen) atoms. The average Bonchev–Trinajstić information content (AvgIpc) is 2.41. The van der Waals surface area contributed by atoms with E-state index in [0.29, 0.717) is 16.1 Å². The Hall–Kier alpha value is -2.29. The van der Waals surface area contributed by atoms with Gasteiger partial charge in [0.25, 0.3) is 0 Å². The Kier molecular flexibility index (Phi) is 3.63. The normalized spacial score (nSPS) is 11.3. The van der Waals surface area contributed by atoms with Crippen LogP contribution in [0.4, 0.5) is 0 Å². The summed E-state index contributed by atoms with van der Waals surface area (Å²) in [5.41, 5.74) is 1.99. The summed E-state index contributed by atoms with van der Waals surface area (Å²) < 4.78 is 0. The summed E-state index contributed by atoms with van der Waals surface area (Å²) in [5, 5.41) is 19.0. The van der Waals surface area contributed by atoms with Crippen molar-refractivity contribution in [3.63, 3.8) is 0 Å². The van der Waals surface area contributed by atoms with E-state index in [2.05, 4.69) is 12.1 Å². The summed E-state index contributed by atoms with van der Waals surface area (Å²) in [6.45, 7) is 0. The summed E-state index contributed by atoms with van der Waals surface area (Å²) in [5.74, 6) is -0.473. The lowest BCUT2D eigenvalue weighted by molar-refractivity contribution is 1.03. The van der Waals surface area contributed by atoms with Gasteiger partial charge in [0.05, 0.1) is 23.6 Å². The summed E-state index contributed by atoms with van der Waals surface area (Å²) in [6, 6.07) is 18.7. The Labute approximate surface area is 111 Å². The zero-order valence-corrected chi connectivity index (χ0v) is 10.2. The highest BCUT2D eigenvalue weighted by Gasteiger charge is 2.17. The maximum absolute atomic E-state index is 9.34. The zero-order chi connectivity index (χ0) is 13.0. The molecule has 0 amide bonds. The van der Waals surface area contributed by atoms with Crippen LogP contribution in [-0.2, 0) is 0 Å². The molecule has 2 aromatic carbocycles. The lowest BCUT2D eigenvalue weighted by Gasteiger charge is -2.11. The molecule has 0 radical (unpaired) electrons. The van der Waals surface area contributed by atoms with Crippen LogP contribution in [-0.4, -0.2) is 0 Å². The highest BCUT2D eigenvalue weighted by Crippen LogP contribution is 2.28. The third-order valence-electron chi connectivity index (χ3n) is 2.71. The van der Waals surface area contributed by atoms with Gasteiger partial charge in [-0.2, -0.15) is 10.5 Å². The average molecular weight is 253 g/mol. The first kappa shape index (κ1) is 12.2. The Bertz CT molecular complexity index is 636. The second-order valence-corrected chi connectivity index (χ2v) is 4.25. The van der Waals surface area contributed by atoms with Gasteiger partial charge in [-0.3, -0.25) is 0 Å². The standard InChI is InChI=1S/C15H9ClN2/c16-13-7-6-12(9-17)14(8-13)15(10-18)11-4-2-1-3-5-11/h1-8,15H. The second kappa shape index (κ2) is 5.36. The third-order valence-corrected chi connectivity index (χ3v) is 2.94. The Morgan fingerprint density at radius 3 is 2.33 bits per heavy atom. The van der Waals surface area contributed by atoms with Crippen molar-refractivity contribution in [3.8, 4) is 12.1 Å². The molecule has 2 aromatic rings. The van der Waals surface area contributed by atoms with Crippen molar-refractivity contribution < 1.29 is 0 Å². The number of hydrogen-bond donors (Lipinski definition) is 0. The number of rotatable bonds is 2. The lowest BCUT2D eigenvalue weighted by atomic mass is 9.89. The van der Waals surface area contributed by atoms with Crippen molar-refractivity contribution in [2.24, 2.45) is 0 Å². The van der Waals surface area contributed by atoms with Crippen LogP contribution in [0.3, 0.4) is 0 Å². The van der Waals surface area contributed by atoms with Crippen molar-refractivity contribution >= 4 is 11.6 Å². The summed E-state index contributed by atoms with van der Waals surface area (Å²) in [4.78, 5) is 0. The topological polar surface area (TPSA) is 47.6 Å². The van der Waals surface area contributed by atoms with E-state index in [4.69, 9.17) is 16.9 Å². The van der Waals surface area contributed by atoms with Crippen LogP contribution in [0.25, 0.3) is 0 Å². The van der Waals surface area contributed by atoms with Gasteiger partial charge >= 0.3 is 0 Å². The molecule has 0 aliphatic heterocycles. The first-order chi connectivity index (χ1) is 8.76. The zero-order valence-electron chi connectivity index (χ0n) is 9.47. The molecule has 1 atom stereocenters. The van der Waals surface area contributed by atoms with E-state index in [1.165, 1.54) is 0 Å². The van der Waals surface area contributed by atoms with Crippen LogP contribution in [0.1, 0.15) is 22.6 Å². The molecule has 3 heteroatoms. The molecular formula is C15H9ClN2. The summed E-state index contributed by atoms with van der Waals surface area (Å²) in [6.07, 6.45) is 0. The first-order valence-electron chi connectivity index (χ1n) is 5.40. The predicted octanol–water partition coefficient (Wildman–Crippen LogP) is 3.87. The molecular weight excluding hydrogens is 244 g/mol. The maximum atomic E-state index is 9.34. The van der Waals surface area contributed by atoms with Gasteiger partial charge in [0.2, 0.25) is 0 Å². The van der Waals surface area contributed by atoms with Gasteiger partial charge < -0.3 is 0 Å². The van der Waals surface area contributed by atoms with Crippen LogP contribution in [0.2, 0.25) is 5.02 Å². The van der Waals surface area contributed by atoms with E-state index in [-0.39, 0.29) is 0 Å². The quantitative estimate of drug-likeness (QED) is 0.815. The van der Waals surface area contributed by atoms with Crippen molar-refractivity contribution in [1.82, 2.24) is 0 Å². The fourth-order valence-electron chi connectivity index (χ4n) is 1.84. The highest BCUT2D eigenvalue weighted by molar-refractivity contribution is 6.30. The van der Waals surface area contributed by atoms with Gasteiger partial charge in [-0.25, -0.2) is 0 Å². The summed E-state index contributed by atoms with van der Waals surface area (Å²) >= 11 is 5.94. The van der Waals surface area contributed by atoms with Gasteiger partial charge in [0.15, 0.2) is 0 Å². The monoisotopic (exact) mass is 252 g/mol. The SMILES string of the molecule is N#Cc1ccc(Cl)cc1C(C#N)c1ccccc1. The summed E-state index contributed by atoms with van der Waals surface area (Å²) in [7, 11) is 0. The van der Waals surface area contributed by atoms with Crippen molar-refractivity contribution in [1.29, 1.82) is 10.5 Å². The molecule has 2 nitrogen and oxygen atoms in total. The van der Waals surface area contributed by atoms with Crippen LogP contribution in [0.5, 0.6) is 0 Å². The Morgan fingerprint density at radius 2 is 1.72 bits per heavy atom.